The summed E-state index contributed by atoms with van der Waals surface area (Å²) in [5.41, 5.74) is 2.20. The van der Waals surface area contributed by atoms with E-state index in [2.05, 4.69) is 5.10 Å². The number of halogens is 1. The van der Waals surface area contributed by atoms with Crippen molar-refractivity contribution >= 4 is 17.6 Å². The molecule has 2 aromatic rings. The van der Waals surface area contributed by atoms with Gasteiger partial charge in [-0.2, -0.15) is 5.10 Å². The summed E-state index contributed by atoms with van der Waals surface area (Å²) in [6.07, 6.45) is 2.91. The molecule has 4 rings (SSSR count). The van der Waals surface area contributed by atoms with Crippen LogP contribution in [-0.4, -0.2) is 67.5 Å². The van der Waals surface area contributed by atoms with Crippen molar-refractivity contribution in [2.24, 2.45) is 5.10 Å². The molecule has 0 bridgehead atoms. The number of hydrogen-bond acceptors (Lipinski definition) is 7. The smallest absolute Gasteiger partial charge is 0.323 e. The first-order valence-electron chi connectivity index (χ1n) is 12.2. The van der Waals surface area contributed by atoms with Crippen LogP contribution < -0.4 is 9.47 Å². The van der Waals surface area contributed by atoms with Crippen LogP contribution in [0.2, 0.25) is 0 Å². The molecular formula is C27H32FN3O5. The Morgan fingerprint density at radius 1 is 1.08 bits per heavy atom. The maximum Gasteiger partial charge on any atom is 0.323 e. The predicted octanol–water partition coefficient (Wildman–Crippen LogP) is 3.94. The number of methoxy groups -OCH3 is 2. The molecule has 192 valence electrons. The lowest BCUT2D eigenvalue weighted by Crippen LogP contribution is -2.49. The fourth-order valence-corrected chi connectivity index (χ4v) is 4.82. The summed E-state index contributed by atoms with van der Waals surface area (Å²) in [5, 5.41) is 6.16. The van der Waals surface area contributed by atoms with Gasteiger partial charge in [0.15, 0.2) is 0 Å². The molecule has 0 saturated carbocycles. The first kappa shape index (κ1) is 25.6. The molecule has 2 aromatic carbocycles. The minimum atomic E-state index is -0.445. The van der Waals surface area contributed by atoms with E-state index in [0.717, 1.165) is 24.0 Å². The van der Waals surface area contributed by atoms with Crippen molar-refractivity contribution in [2.45, 2.75) is 44.7 Å². The third-order valence-electron chi connectivity index (χ3n) is 6.65. The summed E-state index contributed by atoms with van der Waals surface area (Å²) in [6.45, 7) is 2.75. The highest BCUT2D eigenvalue weighted by Crippen LogP contribution is 2.39. The number of hydrogen-bond donors (Lipinski definition) is 0. The largest absolute Gasteiger partial charge is 0.497 e. The lowest BCUT2D eigenvalue weighted by molar-refractivity contribution is -0.152. The summed E-state index contributed by atoms with van der Waals surface area (Å²) >= 11 is 0. The van der Waals surface area contributed by atoms with E-state index in [1.807, 2.05) is 17.0 Å². The maximum atomic E-state index is 13.7. The van der Waals surface area contributed by atoms with Crippen LogP contribution >= 0.6 is 0 Å². The molecule has 0 unspecified atom stereocenters. The van der Waals surface area contributed by atoms with Crippen molar-refractivity contribution in [1.82, 2.24) is 9.91 Å². The normalized spacial score (nSPS) is 20.1. The summed E-state index contributed by atoms with van der Waals surface area (Å²) in [6, 6.07) is 10.7. The highest BCUT2D eigenvalue weighted by atomic mass is 19.1. The molecule has 0 aromatic heterocycles. The molecule has 1 saturated heterocycles. The molecular weight excluding hydrogens is 465 g/mol. The van der Waals surface area contributed by atoms with E-state index in [0.29, 0.717) is 43.2 Å². The van der Waals surface area contributed by atoms with Crippen molar-refractivity contribution in [2.75, 3.05) is 33.9 Å². The fraction of sp³-hybridized carbons (Fsp3) is 0.444. The molecule has 1 fully saturated rings. The number of nitrogens with zero attached hydrogens (tertiary/aromatic N) is 3. The van der Waals surface area contributed by atoms with Gasteiger partial charge in [-0.3, -0.25) is 14.5 Å². The van der Waals surface area contributed by atoms with E-state index in [1.54, 1.807) is 39.3 Å². The number of hydrazone groups is 1. The Labute approximate surface area is 210 Å². The minimum Gasteiger partial charge on any atom is -0.497 e. The number of piperidine rings is 1. The van der Waals surface area contributed by atoms with Gasteiger partial charge in [0.1, 0.15) is 23.4 Å². The molecule has 2 aliphatic heterocycles. The van der Waals surface area contributed by atoms with Gasteiger partial charge in [0.25, 0.3) is 5.91 Å². The second-order valence-electron chi connectivity index (χ2n) is 8.85. The van der Waals surface area contributed by atoms with Gasteiger partial charge in [0.05, 0.1) is 39.1 Å². The summed E-state index contributed by atoms with van der Waals surface area (Å²) in [4.78, 5) is 28.1. The second-order valence-corrected chi connectivity index (χ2v) is 8.85. The minimum absolute atomic E-state index is 0.0403. The van der Waals surface area contributed by atoms with Crippen molar-refractivity contribution in [3.63, 3.8) is 0 Å². The first-order chi connectivity index (χ1) is 17.4. The number of carbonyl (C=O) groups excluding carboxylic acids is 2. The van der Waals surface area contributed by atoms with Gasteiger partial charge in [0.2, 0.25) is 0 Å². The van der Waals surface area contributed by atoms with Crippen LogP contribution in [0.4, 0.5) is 4.39 Å². The molecule has 8 nitrogen and oxygen atoms in total. The molecule has 2 aliphatic rings. The number of esters is 1. The molecule has 0 radical (unpaired) electrons. The zero-order valence-corrected chi connectivity index (χ0v) is 20.9. The van der Waals surface area contributed by atoms with Crippen LogP contribution in [-0.2, 0) is 14.3 Å². The van der Waals surface area contributed by atoms with E-state index < -0.39 is 12.1 Å². The maximum absolute atomic E-state index is 13.7. The summed E-state index contributed by atoms with van der Waals surface area (Å²) < 4.78 is 29.7. The van der Waals surface area contributed by atoms with Gasteiger partial charge in [-0.1, -0.05) is 18.6 Å². The lowest BCUT2D eigenvalue weighted by Gasteiger charge is -2.34. The number of carbonyl (C=O) groups is 2. The third kappa shape index (κ3) is 5.51. The second kappa shape index (κ2) is 11.5. The van der Waals surface area contributed by atoms with Crippen LogP contribution in [0.25, 0.3) is 0 Å². The third-order valence-corrected chi connectivity index (χ3v) is 6.65. The number of rotatable bonds is 8. The highest BCUT2D eigenvalue weighted by Gasteiger charge is 2.38. The van der Waals surface area contributed by atoms with Crippen LogP contribution in [0.15, 0.2) is 47.6 Å². The van der Waals surface area contributed by atoms with Crippen LogP contribution in [0.1, 0.15) is 49.8 Å². The number of likely N-dealkylation sites (tertiary alicyclic amines) is 1. The Morgan fingerprint density at radius 3 is 2.56 bits per heavy atom. The van der Waals surface area contributed by atoms with Gasteiger partial charge >= 0.3 is 5.97 Å². The van der Waals surface area contributed by atoms with Gasteiger partial charge in [-0.25, -0.2) is 9.40 Å². The van der Waals surface area contributed by atoms with Crippen LogP contribution in [0.5, 0.6) is 11.5 Å². The lowest BCUT2D eigenvalue weighted by atomic mass is 9.97. The Balaban J connectivity index is 1.64. The standard InChI is InChI=1S/C27H32FN3O5/c1-4-36-27(33)23-7-5-6-14-30(23)17-26(32)31-24(21-13-12-20(34-2)15-25(21)35-3)16-22(29-31)18-8-10-19(28)11-9-18/h8-13,15,23-24H,4-7,14,16-17H2,1-3H3/t23-,24-/m1/s1. The fourth-order valence-electron chi connectivity index (χ4n) is 4.82. The number of ether oxygens (including phenoxy) is 3. The van der Waals surface area contributed by atoms with Gasteiger partial charge in [-0.15, -0.1) is 0 Å². The van der Waals surface area contributed by atoms with E-state index >= 15 is 0 Å². The highest BCUT2D eigenvalue weighted by molar-refractivity contribution is 6.03. The predicted molar refractivity (Wildman–Crippen MR) is 133 cm³/mol. The number of amides is 1. The molecule has 0 N–H and O–H groups in total. The van der Waals surface area contributed by atoms with Crippen LogP contribution in [0, 0.1) is 5.82 Å². The van der Waals surface area contributed by atoms with Crippen molar-refractivity contribution in [1.29, 1.82) is 0 Å². The molecule has 2 heterocycles. The molecule has 0 spiro atoms. The van der Waals surface area contributed by atoms with Gasteiger partial charge < -0.3 is 14.2 Å². The molecule has 2 atom stereocenters. The summed E-state index contributed by atoms with van der Waals surface area (Å²) in [7, 11) is 3.15. The number of benzene rings is 2. The monoisotopic (exact) mass is 497 g/mol. The quantitative estimate of drug-likeness (QED) is 0.514. The topological polar surface area (TPSA) is 80.7 Å². The molecule has 9 heteroatoms. The Morgan fingerprint density at radius 2 is 1.86 bits per heavy atom. The molecule has 0 aliphatic carbocycles. The van der Waals surface area contributed by atoms with Crippen molar-refractivity contribution in [3.8, 4) is 11.5 Å². The first-order valence-corrected chi connectivity index (χ1v) is 12.2. The molecule has 1 amide bonds. The Bertz CT molecular complexity index is 1120. The van der Waals surface area contributed by atoms with Crippen LogP contribution in [0.3, 0.4) is 0 Å². The average Bonchev–Trinajstić information content (AvgIpc) is 3.34. The van der Waals surface area contributed by atoms with Gasteiger partial charge in [-0.05, 0) is 56.1 Å². The van der Waals surface area contributed by atoms with E-state index in [1.165, 1.54) is 17.1 Å². The SMILES string of the molecule is CCOC(=O)[C@H]1CCCCN1CC(=O)N1N=C(c2ccc(F)cc2)C[C@@H]1c1ccc(OC)cc1OC. The van der Waals surface area contributed by atoms with Gasteiger partial charge in [0, 0.05) is 18.1 Å². The van der Waals surface area contributed by atoms with E-state index in [-0.39, 0.29) is 24.2 Å². The Hall–Kier alpha value is -3.46. The average molecular weight is 498 g/mol. The summed E-state index contributed by atoms with van der Waals surface area (Å²) in [5.74, 6) is 0.349. The zero-order chi connectivity index (χ0) is 25.7. The zero-order valence-electron chi connectivity index (χ0n) is 20.9. The van der Waals surface area contributed by atoms with E-state index in [9.17, 15) is 14.0 Å². The van der Waals surface area contributed by atoms with Crippen molar-refractivity contribution in [3.05, 3.63) is 59.4 Å². The molecule has 36 heavy (non-hydrogen) atoms. The van der Waals surface area contributed by atoms with Crippen molar-refractivity contribution < 1.29 is 28.2 Å². The van der Waals surface area contributed by atoms with E-state index in [4.69, 9.17) is 14.2 Å². The Kier molecular flexibility index (Phi) is 8.20.